The number of likely N-dealkylation sites (tertiary alicyclic amines) is 1. The highest BCUT2D eigenvalue weighted by atomic mass is 16.7. The molecule has 3 aliphatic heterocycles. The molecule has 5 rings (SSSR count). The smallest absolute Gasteiger partial charge is 0.243 e. The Labute approximate surface area is 167 Å². The molecule has 0 saturated carbocycles. The lowest BCUT2D eigenvalue weighted by Crippen LogP contribution is -2.44. The van der Waals surface area contributed by atoms with Crippen LogP contribution in [-0.4, -0.2) is 36.3 Å². The van der Waals surface area contributed by atoms with Crippen LogP contribution in [0.1, 0.15) is 24.0 Å². The maximum absolute atomic E-state index is 12.8. The SMILES string of the molecule is O=C(NCc1ccc2c(c1)OCO2)C1CCC(=O)N1Cc1ccc2c(c1)OCO2. The van der Waals surface area contributed by atoms with Gasteiger partial charge in [-0.05, 0) is 41.8 Å². The first kappa shape index (κ1) is 17.7. The van der Waals surface area contributed by atoms with Crippen LogP contribution in [0.4, 0.5) is 0 Å². The molecular weight excluding hydrogens is 376 g/mol. The van der Waals surface area contributed by atoms with Crippen molar-refractivity contribution in [2.45, 2.75) is 32.0 Å². The largest absolute Gasteiger partial charge is 0.454 e. The van der Waals surface area contributed by atoms with Gasteiger partial charge in [0.15, 0.2) is 23.0 Å². The third kappa shape index (κ3) is 3.41. The van der Waals surface area contributed by atoms with E-state index in [9.17, 15) is 9.59 Å². The lowest BCUT2D eigenvalue weighted by molar-refractivity contribution is -0.135. The number of carbonyl (C=O) groups is 2. The number of nitrogens with one attached hydrogen (secondary N) is 1. The summed E-state index contributed by atoms with van der Waals surface area (Å²) in [6.07, 6.45) is 0.878. The van der Waals surface area contributed by atoms with Crippen LogP contribution in [0.25, 0.3) is 0 Å². The van der Waals surface area contributed by atoms with Crippen molar-refractivity contribution in [3.63, 3.8) is 0 Å². The van der Waals surface area contributed by atoms with Gasteiger partial charge in [0.1, 0.15) is 6.04 Å². The van der Waals surface area contributed by atoms with Crippen LogP contribution >= 0.6 is 0 Å². The highest BCUT2D eigenvalue weighted by molar-refractivity contribution is 5.90. The number of benzene rings is 2. The van der Waals surface area contributed by atoms with Crippen LogP contribution in [0.2, 0.25) is 0 Å². The van der Waals surface area contributed by atoms with Crippen LogP contribution in [-0.2, 0) is 22.7 Å². The van der Waals surface area contributed by atoms with E-state index in [4.69, 9.17) is 18.9 Å². The van der Waals surface area contributed by atoms with Gasteiger partial charge in [-0.3, -0.25) is 9.59 Å². The van der Waals surface area contributed by atoms with E-state index in [0.717, 1.165) is 11.1 Å². The highest BCUT2D eigenvalue weighted by Crippen LogP contribution is 2.34. The first-order valence-electron chi connectivity index (χ1n) is 9.51. The van der Waals surface area contributed by atoms with Crippen LogP contribution in [0.3, 0.4) is 0 Å². The molecule has 2 amide bonds. The van der Waals surface area contributed by atoms with Crippen molar-refractivity contribution < 1.29 is 28.5 Å². The zero-order valence-corrected chi connectivity index (χ0v) is 15.7. The number of fused-ring (bicyclic) bond motifs is 2. The van der Waals surface area contributed by atoms with Crippen molar-refractivity contribution in [2.24, 2.45) is 0 Å². The summed E-state index contributed by atoms with van der Waals surface area (Å²) in [4.78, 5) is 26.8. The third-order valence-electron chi connectivity index (χ3n) is 5.32. The molecule has 0 spiro atoms. The van der Waals surface area contributed by atoms with Gasteiger partial charge >= 0.3 is 0 Å². The van der Waals surface area contributed by atoms with E-state index in [1.807, 2.05) is 36.4 Å². The summed E-state index contributed by atoms with van der Waals surface area (Å²) in [5, 5.41) is 2.94. The summed E-state index contributed by atoms with van der Waals surface area (Å²) in [5.74, 6) is 2.56. The summed E-state index contributed by atoms with van der Waals surface area (Å²) >= 11 is 0. The van der Waals surface area contributed by atoms with E-state index in [1.54, 1.807) is 4.90 Å². The Morgan fingerprint density at radius 2 is 1.55 bits per heavy atom. The molecule has 1 N–H and O–H groups in total. The highest BCUT2D eigenvalue weighted by Gasteiger charge is 2.36. The van der Waals surface area contributed by atoms with E-state index in [0.29, 0.717) is 48.9 Å². The molecule has 1 unspecified atom stereocenters. The first-order chi connectivity index (χ1) is 14.2. The van der Waals surface area contributed by atoms with Gasteiger partial charge in [0.25, 0.3) is 0 Å². The van der Waals surface area contributed by atoms with E-state index < -0.39 is 6.04 Å². The average Bonchev–Trinajstić information content (AvgIpc) is 3.46. The van der Waals surface area contributed by atoms with Crippen molar-refractivity contribution in [3.05, 3.63) is 47.5 Å². The first-order valence-corrected chi connectivity index (χ1v) is 9.51. The number of carbonyl (C=O) groups excluding carboxylic acids is 2. The second-order valence-corrected chi connectivity index (χ2v) is 7.17. The predicted molar refractivity (Wildman–Crippen MR) is 101 cm³/mol. The van der Waals surface area contributed by atoms with E-state index in [-0.39, 0.29) is 25.4 Å². The van der Waals surface area contributed by atoms with Crippen molar-refractivity contribution in [1.82, 2.24) is 10.2 Å². The molecule has 0 aromatic heterocycles. The third-order valence-corrected chi connectivity index (χ3v) is 5.32. The molecule has 3 heterocycles. The maximum Gasteiger partial charge on any atom is 0.243 e. The minimum Gasteiger partial charge on any atom is -0.454 e. The van der Waals surface area contributed by atoms with Crippen molar-refractivity contribution in [1.29, 1.82) is 0 Å². The molecule has 0 radical (unpaired) electrons. The van der Waals surface area contributed by atoms with Crippen LogP contribution in [0.15, 0.2) is 36.4 Å². The van der Waals surface area contributed by atoms with Gasteiger partial charge in [-0.1, -0.05) is 12.1 Å². The van der Waals surface area contributed by atoms with E-state index >= 15 is 0 Å². The number of ether oxygens (including phenoxy) is 4. The molecule has 2 aromatic rings. The molecule has 1 saturated heterocycles. The van der Waals surface area contributed by atoms with Crippen LogP contribution in [0.5, 0.6) is 23.0 Å². The molecule has 29 heavy (non-hydrogen) atoms. The molecule has 2 aromatic carbocycles. The van der Waals surface area contributed by atoms with Crippen molar-refractivity contribution in [3.8, 4) is 23.0 Å². The van der Waals surface area contributed by atoms with Crippen molar-refractivity contribution in [2.75, 3.05) is 13.6 Å². The van der Waals surface area contributed by atoms with Gasteiger partial charge in [-0.2, -0.15) is 0 Å². The standard InChI is InChI=1S/C21H20N2O6/c24-20-6-3-15(23(20)10-14-2-5-17-19(8-14)29-12-27-17)21(25)22-9-13-1-4-16-18(7-13)28-11-26-16/h1-2,4-5,7-8,15H,3,6,9-12H2,(H,22,25). The minimum atomic E-state index is -0.484. The van der Waals surface area contributed by atoms with Gasteiger partial charge in [0, 0.05) is 19.5 Å². The van der Waals surface area contributed by atoms with Gasteiger partial charge in [0.2, 0.25) is 25.4 Å². The second kappa shape index (κ2) is 7.20. The van der Waals surface area contributed by atoms with E-state index in [2.05, 4.69) is 5.32 Å². The van der Waals surface area contributed by atoms with Gasteiger partial charge in [-0.25, -0.2) is 0 Å². The number of hydrogen-bond acceptors (Lipinski definition) is 6. The lowest BCUT2D eigenvalue weighted by atomic mass is 10.1. The summed E-state index contributed by atoms with van der Waals surface area (Å²) in [5.41, 5.74) is 1.81. The van der Waals surface area contributed by atoms with Crippen LogP contribution < -0.4 is 24.3 Å². The number of amides is 2. The Hall–Kier alpha value is -3.42. The zero-order chi connectivity index (χ0) is 19.8. The van der Waals surface area contributed by atoms with Crippen LogP contribution in [0, 0.1) is 0 Å². The Balaban J connectivity index is 1.24. The van der Waals surface area contributed by atoms with Gasteiger partial charge in [0.05, 0.1) is 0 Å². The monoisotopic (exact) mass is 396 g/mol. The number of hydrogen-bond donors (Lipinski definition) is 1. The molecule has 8 heteroatoms. The summed E-state index contributed by atoms with van der Waals surface area (Å²) in [6, 6.07) is 10.7. The number of rotatable bonds is 5. The number of nitrogens with zero attached hydrogens (tertiary/aromatic N) is 1. The topological polar surface area (TPSA) is 86.3 Å². The zero-order valence-electron chi connectivity index (χ0n) is 15.7. The fourth-order valence-electron chi connectivity index (χ4n) is 3.80. The van der Waals surface area contributed by atoms with Crippen molar-refractivity contribution >= 4 is 11.8 Å². The molecule has 0 bridgehead atoms. The molecule has 3 aliphatic rings. The predicted octanol–water partition coefficient (Wildman–Crippen LogP) is 1.95. The maximum atomic E-state index is 12.8. The Morgan fingerprint density at radius 1 is 0.931 bits per heavy atom. The summed E-state index contributed by atoms with van der Waals surface area (Å²) in [6.45, 7) is 1.13. The Bertz CT molecular complexity index is 976. The molecule has 150 valence electrons. The second-order valence-electron chi connectivity index (χ2n) is 7.17. The quantitative estimate of drug-likeness (QED) is 0.832. The Morgan fingerprint density at radius 3 is 2.28 bits per heavy atom. The molecule has 1 atom stereocenters. The molecule has 8 nitrogen and oxygen atoms in total. The summed E-state index contributed by atoms with van der Waals surface area (Å²) in [7, 11) is 0. The van der Waals surface area contributed by atoms with Gasteiger partial charge in [-0.15, -0.1) is 0 Å². The average molecular weight is 396 g/mol. The molecule has 0 aliphatic carbocycles. The normalized spacial score (nSPS) is 19.0. The minimum absolute atomic E-state index is 0.0223. The Kier molecular flexibility index (Phi) is 4.38. The molecule has 1 fully saturated rings. The fourth-order valence-corrected chi connectivity index (χ4v) is 3.80. The fraction of sp³-hybridized carbons (Fsp3) is 0.333. The summed E-state index contributed by atoms with van der Waals surface area (Å²) < 4.78 is 21.4. The molecular formula is C21H20N2O6. The van der Waals surface area contributed by atoms with Gasteiger partial charge < -0.3 is 29.2 Å². The van der Waals surface area contributed by atoms with E-state index in [1.165, 1.54) is 0 Å². The lowest BCUT2D eigenvalue weighted by Gasteiger charge is -2.24.